The summed E-state index contributed by atoms with van der Waals surface area (Å²) >= 11 is 0. The Bertz CT molecular complexity index is 205. The molecule has 0 saturated carbocycles. The van der Waals surface area contributed by atoms with Gasteiger partial charge in [-0.15, -0.1) is 10.2 Å². The molecule has 0 saturated heterocycles. The lowest BCUT2D eigenvalue weighted by atomic mass is 10.0. The Hall–Kier alpha value is -0.900. The second-order valence-corrected chi connectivity index (χ2v) is 3.33. The first-order valence-electron chi connectivity index (χ1n) is 4.80. The number of nitrogens with zero attached hydrogens (tertiary/aromatic N) is 3. The summed E-state index contributed by atoms with van der Waals surface area (Å²) in [5.41, 5.74) is 0. The van der Waals surface area contributed by atoms with E-state index in [1.54, 1.807) is 12.7 Å². The highest BCUT2D eigenvalue weighted by Gasteiger charge is 2.07. The summed E-state index contributed by atoms with van der Waals surface area (Å²) in [6.07, 6.45) is 6.62. The van der Waals surface area contributed by atoms with Crippen molar-refractivity contribution >= 4 is 0 Å². The third kappa shape index (κ3) is 3.55. The summed E-state index contributed by atoms with van der Waals surface area (Å²) in [7, 11) is 0. The van der Waals surface area contributed by atoms with Gasteiger partial charge in [0.05, 0.1) is 0 Å². The molecule has 1 atom stereocenters. The van der Waals surface area contributed by atoms with Crippen LogP contribution in [0.25, 0.3) is 0 Å². The average Bonchev–Trinajstić information content (AvgIpc) is 2.58. The van der Waals surface area contributed by atoms with Gasteiger partial charge in [-0.05, 0) is 18.8 Å². The summed E-state index contributed by atoms with van der Waals surface area (Å²) in [5, 5.41) is 16.3. The van der Waals surface area contributed by atoms with E-state index in [1.807, 2.05) is 4.57 Å². The minimum absolute atomic E-state index is 0.271. The maximum atomic E-state index is 8.85. The van der Waals surface area contributed by atoms with Crippen molar-refractivity contribution in [3.63, 3.8) is 0 Å². The van der Waals surface area contributed by atoms with Crippen LogP contribution >= 0.6 is 0 Å². The molecule has 0 radical (unpaired) electrons. The quantitative estimate of drug-likeness (QED) is 0.718. The van der Waals surface area contributed by atoms with Crippen LogP contribution in [-0.2, 0) is 6.54 Å². The van der Waals surface area contributed by atoms with Crippen LogP contribution in [0, 0.1) is 5.92 Å². The molecule has 0 spiro atoms. The SMILES string of the molecule is CCCC(CCO)Cn1cnnc1. The van der Waals surface area contributed by atoms with E-state index in [9.17, 15) is 0 Å². The highest BCUT2D eigenvalue weighted by molar-refractivity contribution is 4.65. The molecule has 1 aromatic rings. The van der Waals surface area contributed by atoms with E-state index in [-0.39, 0.29) is 6.61 Å². The molecule has 0 aliphatic rings. The molecule has 74 valence electrons. The smallest absolute Gasteiger partial charge is 0.119 e. The monoisotopic (exact) mass is 183 g/mol. The van der Waals surface area contributed by atoms with Gasteiger partial charge >= 0.3 is 0 Å². The normalized spacial score (nSPS) is 13.1. The predicted octanol–water partition coefficient (Wildman–Crippen LogP) is 1.08. The van der Waals surface area contributed by atoms with Gasteiger partial charge in [0.15, 0.2) is 0 Å². The van der Waals surface area contributed by atoms with Crippen LogP contribution in [0.5, 0.6) is 0 Å². The summed E-state index contributed by atoms with van der Waals surface area (Å²) in [5.74, 6) is 0.547. The molecule has 1 aromatic heterocycles. The zero-order valence-corrected chi connectivity index (χ0v) is 8.06. The molecule has 0 aromatic carbocycles. The van der Waals surface area contributed by atoms with Crippen molar-refractivity contribution in [3.8, 4) is 0 Å². The first-order chi connectivity index (χ1) is 6.36. The number of hydrogen-bond donors (Lipinski definition) is 1. The molecule has 0 fully saturated rings. The molecule has 4 nitrogen and oxygen atoms in total. The molecular formula is C9H17N3O. The summed E-state index contributed by atoms with van der Waals surface area (Å²) in [6.45, 7) is 3.35. The third-order valence-electron chi connectivity index (χ3n) is 2.17. The van der Waals surface area contributed by atoms with E-state index in [0.717, 1.165) is 25.8 Å². The van der Waals surface area contributed by atoms with E-state index in [0.29, 0.717) is 5.92 Å². The Morgan fingerprint density at radius 2 is 2.00 bits per heavy atom. The largest absolute Gasteiger partial charge is 0.396 e. The minimum Gasteiger partial charge on any atom is -0.396 e. The van der Waals surface area contributed by atoms with E-state index in [1.165, 1.54) is 0 Å². The van der Waals surface area contributed by atoms with Crippen LogP contribution in [-0.4, -0.2) is 26.5 Å². The van der Waals surface area contributed by atoms with Crippen molar-refractivity contribution < 1.29 is 5.11 Å². The Balaban J connectivity index is 2.37. The van der Waals surface area contributed by atoms with Crippen LogP contribution in [0.1, 0.15) is 26.2 Å². The minimum atomic E-state index is 0.271. The van der Waals surface area contributed by atoms with Crippen molar-refractivity contribution in [1.29, 1.82) is 0 Å². The van der Waals surface area contributed by atoms with Crippen LogP contribution in [0.15, 0.2) is 12.7 Å². The standard InChI is InChI=1S/C9H17N3O/c1-2-3-9(4-5-13)6-12-7-10-11-8-12/h7-9,13H,2-6H2,1H3. The molecule has 1 unspecified atom stereocenters. The Labute approximate surface area is 78.6 Å². The zero-order chi connectivity index (χ0) is 9.52. The van der Waals surface area contributed by atoms with Crippen molar-refractivity contribution in [3.05, 3.63) is 12.7 Å². The predicted molar refractivity (Wildman–Crippen MR) is 50.1 cm³/mol. The van der Waals surface area contributed by atoms with E-state index < -0.39 is 0 Å². The third-order valence-corrected chi connectivity index (χ3v) is 2.17. The zero-order valence-electron chi connectivity index (χ0n) is 8.06. The van der Waals surface area contributed by atoms with Gasteiger partial charge in [0.1, 0.15) is 12.7 Å². The van der Waals surface area contributed by atoms with Crippen molar-refractivity contribution in [2.75, 3.05) is 6.61 Å². The number of aliphatic hydroxyl groups is 1. The number of aromatic nitrogens is 3. The lowest BCUT2D eigenvalue weighted by molar-refractivity contribution is 0.240. The van der Waals surface area contributed by atoms with Gasteiger partial charge in [-0.1, -0.05) is 13.3 Å². The molecular weight excluding hydrogens is 166 g/mol. The first-order valence-corrected chi connectivity index (χ1v) is 4.80. The van der Waals surface area contributed by atoms with Crippen LogP contribution in [0.3, 0.4) is 0 Å². The van der Waals surface area contributed by atoms with Gasteiger partial charge in [-0.2, -0.15) is 0 Å². The van der Waals surface area contributed by atoms with Gasteiger partial charge in [-0.25, -0.2) is 0 Å². The van der Waals surface area contributed by atoms with Crippen molar-refractivity contribution in [1.82, 2.24) is 14.8 Å². The fourth-order valence-electron chi connectivity index (χ4n) is 1.53. The maximum Gasteiger partial charge on any atom is 0.119 e. The molecule has 0 aliphatic heterocycles. The van der Waals surface area contributed by atoms with E-state index in [4.69, 9.17) is 5.11 Å². The lowest BCUT2D eigenvalue weighted by Gasteiger charge is -2.14. The number of hydrogen-bond acceptors (Lipinski definition) is 3. The molecule has 0 amide bonds. The second-order valence-electron chi connectivity index (χ2n) is 3.33. The highest BCUT2D eigenvalue weighted by atomic mass is 16.3. The molecule has 1 N–H and O–H groups in total. The molecule has 0 bridgehead atoms. The van der Waals surface area contributed by atoms with Crippen LogP contribution in [0.4, 0.5) is 0 Å². The van der Waals surface area contributed by atoms with Crippen LogP contribution in [0.2, 0.25) is 0 Å². The Morgan fingerprint density at radius 3 is 2.54 bits per heavy atom. The topological polar surface area (TPSA) is 50.9 Å². The van der Waals surface area contributed by atoms with Gasteiger partial charge in [0.2, 0.25) is 0 Å². The van der Waals surface area contributed by atoms with Crippen molar-refractivity contribution in [2.24, 2.45) is 5.92 Å². The lowest BCUT2D eigenvalue weighted by Crippen LogP contribution is -2.11. The molecule has 1 heterocycles. The van der Waals surface area contributed by atoms with Gasteiger partial charge in [0, 0.05) is 13.2 Å². The van der Waals surface area contributed by atoms with Gasteiger partial charge < -0.3 is 9.67 Å². The first kappa shape index (κ1) is 10.2. The van der Waals surface area contributed by atoms with Gasteiger partial charge in [0.25, 0.3) is 0 Å². The number of aliphatic hydroxyl groups excluding tert-OH is 1. The Morgan fingerprint density at radius 1 is 1.31 bits per heavy atom. The Kier molecular flexibility index (Phi) is 4.46. The fraction of sp³-hybridized carbons (Fsp3) is 0.778. The maximum absolute atomic E-state index is 8.85. The highest BCUT2D eigenvalue weighted by Crippen LogP contribution is 2.12. The summed E-state index contributed by atoms with van der Waals surface area (Å²) in [6, 6.07) is 0. The van der Waals surface area contributed by atoms with Crippen molar-refractivity contribution in [2.45, 2.75) is 32.7 Å². The number of rotatable bonds is 6. The average molecular weight is 183 g/mol. The van der Waals surface area contributed by atoms with Gasteiger partial charge in [-0.3, -0.25) is 0 Å². The molecule has 4 heteroatoms. The van der Waals surface area contributed by atoms with E-state index >= 15 is 0 Å². The summed E-state index contributed by atoms with van der Waals surface area (Å²) in [4.78, 5) is 0. The molecule has 0 aliphatic carbocycles. The van der Waals surface area contributed by atoms with Crippen LogP contribution < -0.4 is 0 Å². The molecule has 1 rings (SSSR count). The van der Waals surface area contributed by atoms with E-state index in [2.05, 4.69) is 17.1 Å². The summed E-state index contributed by atoms with van der Waals surface area (Å²) < 4.78 is 1.97. The second kappa shape index (κ2) is 5.70. The molecule has 13 heavy (non-hydrogen) atoms. The fourth-order valence-corrected chi connectivity index (χ4v) is 1.53.